The van der Waals surface area contributed by atoms with E-state index in [0.717, 1.165) is 5.56 Å². The molecule has 0 aliphatic heterocycles. The molecule has 1 N–H and O–H groups in total. The number of hydrogen-bond donors (Lipinski definition) is 1. The van der Waals surface area contributed by atoms with Crippen LogP contribution in [0.15, 0.2) is 41.3 Å². The minimum atomic E-state index is -3.87. The van der Waals surface area contributed by atoms with Crippen LogP contribution < -0.4 is 14.2 Å². The second kappa shape index (κ2) is 8.27. The molecule has 0 amide bonds. The second-order valence-corrected chi connectivity index (χ2v) is 7.69. The van der Waals surface area contributed by atoms with Gasteiger partial charge in [0.05, 0.1) is 19.2 Å². The monoisotopic (exact) mass is 403 g/mol. The Kier molecular flexibility index (Phi) is 6.57. The van der Waals surface area contributed by atoms with Gasteiger partial charge in [0.15, 0.2) is 0 Å². The van der Waals surface area contributed by atoms with Crippen molar-refractivity contribution >= 4 is 33.2 Å². The number of hydrogen-bond acceptors (Lipinski definition) is 4. The molecule has 0 saturated heterocycles. The molecule has 136 valence electrons. The van der Waals surface area contributed by atoms with Crippen LogP contribution in [0.1, 0.15) is 24.9 Å². The summed E-state index contributed by atoms with van der Waals surface area (Å²) in [5.41, 5.74) is 0.822. The maximum Gasteiger partial charge on any atom is 0.242 e. The van der Waals surface area contributed by atoms with E-state index in [1.165, 1.54) is 19.2 Å². The SMILES string of the molecule is CCC(NS(=O)(=O)c1ccc(OC)c(Cl)c1Cl)c1ccc(OC)cc1. The summed E-state index contributed by atoms with van der Waals surface area (Å²) in [6, 6.07) is 9.63. The first kappa shape index (κ1) is 19.8. The zero-order valence-electron chi connectivity index (χ0n) is 14.0. The Hall–Kier alpha value is -1.47. The molecular weight excluding hydrogens is 385 g/mol. The van der Waals surface area contributed by atoms with Gasteiger partial charge in [0, 0.05) is 6.04 Å². The number of benzene rings is 2. The first-order chi connectivity index (χ1) is 11.8. The Morgan fingerprint density at radius 3 is 2.16 bits per heavy atom. The molecule has 0 bridgehead atoms. The highest BCUT2D eigenvalue weighted by Gasteiger charge is 2.25. The maximum atomic E-state index is 12.8. The third-order valence-corrected chi connectivity index (χ3v) is 6.24. The normalized spacial score (nSPS) is 12.7. The number of methoxy groups -OCH3 is 2. The van der Waals surface area contributed by atoms with Crippen LogP contribution in [0.2, 0.25) is 10.0 Å². The molecule has 2 aromatic rings. The van der Waals surface area contributed by atoms with Gasteiger partial charge in [-0.1, -0.05) is 42.3 Å². The number of sulfonamides is 1. The van der Waals surface area contributed by atoms with E-state index in [4.69, 9.17) is 32.7 Å². The first-order valence-corrected chi connectivity index (χ1v) is 9.76. The second-order valence-electron chi connectivity index (χ2n) is 5.25. The number of rotatable bonds is 7. The number of ether oxygens (including phenoxy) is 2. The first-order valence-electron chi connectivity index (χ1n) is 7.52. The smallest absolute Gasteiger partial charge is 0.242 e. The van der Waals surface area contributed by atoms with Gasteiger partial charge in [-0.05, 0) is 36.2 Å². The van der Waals surface area contributed by atoms with E-state index in [1.54, 1.807) is 19.2 Å². The third kappa shape index (κ3) is 4.39. The molecule has 0 heterocycles. The molecule has 0 spiro atoms. The van der Waals surface area contributed by atoms with Gasteiger partial charge in [0.1, 0.15) is 21.4 Å². The van der Waals surface area contributed by atoms with Crippen LogP contribution in [0, 0.1) is 0 Å². The summed E-state index contributed by atoms with van der Waals surface area (Å²) in [5, 5.41) is -0.0114. The highest BCUT2D eigenvalue weighted by atomic mass is 35.5. The van der Waals surface area contributed by atoms with Gasteiger partial charge in [-0.2, -0.15) is 0 Å². The fourth-order valence-electron chi connectivity index (χ4n) is 2.35. The van der Waals surface area contributed by atoms with Gasteiger partial charge in [-0.15, -0.1) is 0 Å². The van der Waals surface area contributed by atoms with E-state index in [2.05, 4.69) is 4.72 Å². The summed E-state index contributed by atoms with van der Waals surface area (Å²) in [7, 11) is -0.862. The molecule has 1 atom stereocenters. The molecule has 5 nitrogen and oxygen atoms in total. The zero-order chi connectivity index (χ0) is 18.6. The Labute approximate surface area is 157 Å². The number of nitrogens with one attached hydrogen (secondary N) is 1. The van der Waals surface area contributed by atoms with Crippen molar-refractivity contribution in [3.05, 3.63) is 52.0 Å². The highest BCUT2D eigenvalue weighted by molar-refractivity contribution is 7.89. The summed E-state index contributed by atoms with van der Waals surface area (Å²) in [6.07, 6.45) is 0.563. The summed E-state index contributed by atoms with van der Waals surface area (Å²) in [6.45, 7) is 1.89. The van der Waals surface area contributed by atoms with E-state index in [1.807, 2.05) is 19.1 Å². The fraction of sp³-hybridized carbons (Fsp3) is 0.294. The maximum absolute atomic E-state index is 12.8. The van der Waals surface area contributed by atoms with Gasteiger partial charge < -0.3 is 9.47 Å². The van der Waals surface area contributed by atoms with Gasteiger partial charge in [0.2, 0.25) is 10.0 Å². The minimum Gasteiger partial charge on any atom is -0.497 e. The Morgan fingerprint density at radius 2 is 1.64 bits per heavy atom. The third-order valence-electron chi connectivity index (χ3n) is 3.74. The zero-order valence-corrected chi connectivity index (χ0v) is 16.4. The van der Waals surface area contributed by atoms with Crippen LogP contribution in [-0.2, 0) is 10.0 Å². The molecule has 0 aliphatic carbocycles. The molecule has 2 rings (SSSR count). The van der Waals surface area contributed by atoms with Gasteiger partial charge in [-0.25, -0.2) is 13.1 Å². The van der Waals surface area contributed by atoms with Crippen LogP contribution in [0.5, 0.6) is 11.5 Å². The van der Waals surface area contributed by atoms with Crippen LogP contribution in [-0.4, -0.2) is 22.6 Å². The molecule has 2 aromatic carbocycles. The molecule has 8 heteroatoms. The average molecular weight is 404 g/mol. The van der Waals surface area contributed by atoms with E-state index >= 15 is 0 Å². The molecule has 0 radical (unpaired) electrons. The van der Waals surface area contributed by atoms with Gasteiger partial charge in [0.25, 0.3) is 0 Å². The van der Waals surface area contributed by atoms with Crippen molar-refractivity contribution in [2.45, 2.75) is 24.3 Å². The predicted molar refractivity (Wildman–Crippen MR) is 99.4 cm³/mol. The highest BCUT2D eigenvalue weighted by Crippen LogP contribution is 2.37. The molecule has 0 aliphatic rings. The van der Waals surface area contributed by atoms with Crippen molar-refractivity contribution in [3.63, 3.8) is 0 Å². The minimum absolute atomic E-state index is 0.0598. The Balaban J connectivity index is 2.34. The molecule has 0 aromatic heterocycles. The van der Waals surface area contributed by atoms with E-state index < -0.39 is 16.1 Å². The van der Waals surface area contributed by atoms with Crippen molar-refractivity contribution in [3.8, 4) is 11.5 Å². The van der Waals surface area contributed by atoms with Crippen LogP contribution in [0.25, 0.3) is 0 Å². The largest absolute Gasteiger partial charge is 0.497 e. The molecule has 1 unspecified atom stereocenters. The Morgan fingerprint density at radius 1 is 1.00 bits per heavy atom. The molecule has 25 heavy (non-hydrogen) atoms. The van der Waals surface area contributed by atoms with Crippen molar-refractivity contribution < 1.29 is 17.9 Å². The lowest BCUT2D eigenvalue weighted by Crippen LogP contribution is -2.28. The summed E-state index contributed by atoms with van der Waals surface area (Å²) < 4.78 is 38.3. The standard InChI is InChI=1S/C17H19Cl2NO4S/c1-4-13(11-5-7-12(23-2)8-6-11)20-25(21,22)15-10-9-14(24-3)16(18)17(15)19/h5-10,13,20H,4H2,1-3H3. The molecular formula is C17H19Cl2NO4S. The lowest BCUT2D eigenvalue weighted by Gasteiger charge is -2.19. The van der Waals surface area contributed by atoms with Gasteiger partial charge in [-0.3, -0.25) is 0 Å². The Bertz CT molecular complexity index is 838. The summed E-state index contributed by atoms with van der Waals surface area (Å²) in [5.74, 6) is 1.01. The fourth-order valence-corrected chi connectivity index (χ4v) is 4.50. The lowest BCUT2D eigenvalue weighted by molar-refractivity contribution is 0.414. The summed E-state index contributed by atoms with van der Waals surface area (Å²) >= 11 is 12.2. The van der Waals surface area contributed by atoms with Crippen molar-refractivity contribution in [2.75, 3.05) is 14.2 Å². The van der Waals surface area contributed by atoms with Crippen LogP contribution in [0.3, 0.4) is 0 Å². The van der Waals surface area contributed by atoms with Crippen molar-refractivity contribution in [1.82, 2.24) is 4.72 Å². The van der Waals surface area contributed by atoms with Gasteiger partial charge >= 0.3 is 0 Å². The van der Waals surface area contributed by atoms with E-state index in [9.17, 15) is 8.42 Å². The van der Waals surface area contributed by atoms with Crippen LogP contribution >= 0.6 is 23.2 Å². The number of halogens is 2. The van der Waals surface area contributed by atoms with E-state index in [0.29, 0.717) is 17.9 Å². The van der Waals surface area contributed by atoms with E-state index in [-0.39, 0.29) is 14.9 Å². The molecule has 0 fully saturated rings. The quantitative estimate of drug-likeness (QED) is 0.741. The topological polar surface area (TPSA) is 64.6 Å². The van der Waals surface area contributed by atoms with Crippen LogP contribution in [0.4, 0.5) is 0 Å². The summed E-state index contributed by atoms with van der Waals surface area (Å²) in [4.78, 5) is -0.0908. The average Bonchev–Trinajstić information content (AvgIpc) is 2.61. The molecule has 0 saturated carbocycles. The van der Waals surface area contributed by atoms with Crippen molar-refractivity contribution in [1.29, 1.82) is 0 Å². The predicted octanol–water partition coefficient (Wildman–Crippen LogP) is 4.44. The van der Waals surface area contributed by atoms with Crippen molar-refractivity contribution in [2.24, 2.45) is 0 Å². The lowest BCUT2D eigenvalue weighted by atomic mass is 10.1.